The maximum absolute atomic E-state index is 12.1. The van der Waals surface area contributed by atoms with E-state index in [1.165, 1.54) is 0 Å². The highest BCUT2D eigenvalue weighted by Crippen LogP contribution is 2.38. The Morgan fingerprint density at radius 3 is 2.35 bits per heavy atom. The van der Waals surface area contributed by atoms with Crippen molar-refractivity contribution in [2.45, 2.75) is 18.9 Å². The molecule has 1 heterocycles. The fraction of sp³-hybridized carbons (Fsp3) is 0.562. The Labute approximate surface area is 141 Å². The van der Waals surface area contributed by atoms with Crippen molar-refractivity contribution < 1.29 is 14.3 Å². The van der Waals surface area contributed by atoms with E-state index in [2.05, 4.69) is 10.2 Å². The van der Waals surface area contributed by atoms with Crippen LogP contribution in [0.4, 0.5) is 10.5 Å². The van der Waals surface area contributed by atoms with Gasteiger partial charge in [0, 0.05) is 44.4 Å². The number of amides is 2. The number of nitrogens with zero attached hydrogens (tertiary/aromatic N) is 2. The standard InChI is InChI=1S/C16H22ClN3O3/c1-22-14-10-13(15(23-2)9-12(14)17)19-5-7-20(8-6-19)16(21)18-11-3-4-11/h9-11H,3-8H2,1-2H3,(H,18,21). The highest BCUT2D eigenvalue weighted by Gasteiger charge is 2.28. The van der Waals surface area contributed by atoms with Crippen molar-refractivity contribution in [2.24, 2.45) is 0 Å². The van der Waals surface area contributed by atoms with Crippen LogP contribution in [0.5, 0.6) is 11.5 Å². The molecule has 23 heavy (non-hydrogen) atoms. The molecule has 0 radical (unpaired) electrons. The van der Waals surface area contributed by atoms with Gasteiger partial charge in [-0.25, -0.2) is 4.79 Å². The fourth-order valence-electron chi connectivity index (χ4n) is 2.74. The third-order valence-corrected chi connectivity index (χ3v) is 4.56. The van der Waals surface area contributed by atoms with Gasteiger partial charge < -0.3 is 24.6 Å². The van der Waals surface area contributed by atoms with E-state index in [0.717, 1.165) is 31.6 Å². The first kappa shape index (κ1) is 16.1. The van der Waals surface area contributed by atoms with E-state index in [1.807, 2.05) is 11.0 Å². The number of hydrogen-bond acceptors (Lipinski definition) is 4. The summed E-state index contributed by atoms with van der Waals surface area (Å²) in [5, 5.41) is 3.56. The third kappa shape index (κ3) is 3.58. The lowest BCUT2D eigenvalue weighted by molar-refractivity contribution is 0.194. The number of hydrogen-bond donors (Lipinski definition) is 1. The van der Waals surface area contributed by atoms with Crippen LogP contribution >= 0.6 is 11.6 Å². The molecule has 0 spiro atoms. The minimum atomic E-state index is 0.0489. The van der Waals surface area contributed by atoms with Crippen LogP contribution in [0.25, 0.3) is 0 Å². The van der Waals surface area contributed by atoms with Crippen molar-refractivity contribution in [1.82, 2.24) is 10.2 Å². The number of halogens is 1. The lowest BCUT2D eigenvalue weighted by Gasteiger charge is -2.36. The molecule has 1 N–H and O–H groups in total. The first-order valence-corrected chi connectivity index (χ1v) is 8.22. The second-order valence-corrected chi connectivity index (χ2v) is 6.26. The number of anilines is 1. The molecule has 126 valence electrons. The number of rotatable bonds is 4. The maximum atomic E-state index is 12.1. The number of piperazine rings is 1. The number of carbonyl (C=O) groups is 1. The summed E-state index contributed by atoms with van der Waals surface area (Å²) in [5.41, 5.74) is 0.941. The molecule has 0 bridgehead atoms. The average Bonchev–Trinajstić information content (AvgIpc) is 3.38. The van der Waals surface area contributed by atoms with E-state index in [0.29, 0.717) is 35.7 Å². The van der Waals surface area contributed by atoms with Crippen molar-refractivity contribution in [3.63, 3.8) is 0 Å². The average molecular weight is 340 g/mol. The number of nitrogens with one attached hydrogen (secondary N) is 1. The van der Waals surface area contributed by atoms with Crippen LogP contribution < -0.4 is 19.7 Å². The van der Waals surface area contributed by atoms with Gasteiger partial charge in [0.25, 0.3) is 0 Å². The predicted molar refractivity (Wildman–Crippen MR) is 89.9 cm³/mol. The van der Waals surface area contributed by atoms with Gasteiger partial charge in [-0.15, -0.1) is 0 Å². The van der Waals surface area contributed by atoms with E-state index in [-0.39, 0.29) is 6.03 Å². The Bertz CT molecular complexity index is 584. The molecular weight excluding hydrogens is 318 g/mol. The zero-order valence-electron chi connectivity index (χ0n) is 13.5. The monoisotopic (exact) mass is 339 g/mol. The molecule has 1 aromatic carbocycles. The van der Waals surface area contributed by atoms with Crippen LogP contribution in [0.15, 0.2) is 12.1 Å². The molecule has 0 unspecified atom stereocenters. The molecule has 2 amide bonds. The lowest BCUT2D eigenvalue weighted by Crippen LogP contribution is -2.52. The van der Waals surface area contributed by atoms with Gasteiger partial charge >= 0.3 is 6.03 Å². The molecule has 0 atom stereocenters. The van der Waals surface area contributed by atoms with Crippen molar-refractivity contribution in [2.75, 3.05) is 45.3 Å². The topological polar surface area (TPSA) is 54.0 Å². The van der Waals surface area contributed by atoms with Gasteiger partial charge in [-0.1, -0.05) is 11.6 Å². The molecule has 2 aliphatic rings. The maximum Gasteiger partial charge on any atom is 0.317 e. The normalized spacial score (nSPS) is 17.9. The highest BCUT2D eigenvalue weighted by atomic mass is 35.5. The third-order valence-electron chi connectivity index (χ3n) is 4.27. The van der Waals surface area contributed by atoms with E-state index >= 15 is 0 Å². The molecule has 2 fully saturated rings. The van der Waals surface area contributed by atoms with Crippen molar-refractivity contribution in [1.29, 1.82) is 0 Å². The number of urea groups is 1. The Morgan fingerprint density at radius 1 is 1.13 bits per heavy atom. The Kier molecular flexibility index (Phi) is 4.71. The van der Waals surface area contributed by atoms with E-state index in [1.54, 1.807) is 20.3 Å². The lowest BCUT2D eigenvalue weighted by atomic mass is 10.2. The second-order valence-electron chi connectivity index (χ2n) is 5.86. The van der Waals surface area contributed by atoms with Crippen LogP contribution in [0, 0.1) is 0 Å². The molecule has 1 aromatic rings. The number of benzene rings is 1. The van der Waals surface area contributed by atoms with Gasteiger partial charge in [-0.2, -0.15) is 0 Å². The summed E-state index contributed by atoms with van der Waals surface area (Å²) < 4.78 is 10.7. The van der Waals surface area contributed by atoms with Crippen molar-refractivity contribution >= 4 is 23.3 Å². The van der Waals surface area contributed by atoms with Gasteiger partial charge in [-0.3, -0.25) is 0 Å². The second kappa shape index (κ2) is 6.74. The number of ether oxygens (including phenoxy) is 2. The Balaban J connectivity index is 1.67. The summed E-state index contributed by atoms with van der Waals surface area (Å²) in [6.45, 7) is 2.87. The molecule has 1 saturated carbocycles. The zero-order chi connectivity index (χ0) is 16.4. The molecule has 6 nitrogen and oxygen atoms in total. The molecule has 1 saturated heterocycles. The fourth-order valence-corrected chi connectivity index (χ4v) is 2.97. The molecule has 7 heteroatoms. The Morgan fingerprint density at radius 2 is 1.78 bits per heavy atom. The van der Waals surface area contributed by atoms with Crippen LogP contribution in [-0.2, 0) is 0 Å². The van der Waals surface area contributed by atoms with E-state index in [9.17, 15) is 4.79 Å². The van der Waals surface area contributed by atoms with Crippen LogP contribution in [0.1, 0.15) is 12.8 Å². The first-order chi connectivity index (χ1) is 11.1. The van der Waals surface area contributed by atoms with Crippen molar-refractivity contribution in [3.8, 4) is 11.5 Å². The molecule has 1 aliphatic carbocycles. The number of carbonyl (C=O) groups excluding carboxylic acids is 1. The minimum absolute atomic E-state index is 0.0489. The highest BCUT2D eigenvalue weighted by molar-refractivity contribution is 6.32. The zero-order valence-corrected chi connectivity index (χ0v) is 14.2. The van der Waals surface area contributed by atoms with Crippen LogP contribution in [-0.4, -0.2) is 57.4 Å². The van der Waals surface area contributed by atoms with E-state index in [4.69, 9.17) is 21.1 Å². The summed E-state index contributed by atoms with van der Waals surface area (Å²) in [4.78, 5) is 16.2. The van der Waals surface area contributed by atoms with Gasteiger partial charge in [-0.05, 0) is 12.8 Å². The Hall–Kier alpha value is -1.82. The summed E-state index contributed by atoms with van der Waals surface area (Å²) in [6, 6.07) is 4.09. The molecule has 3 rings (SSSR count). The minimum Gasteiger partial charge on any atom is -0.495 e. The smallest absolute Gasteiger partial charge is 0.317 e. The largest absolute Gasteiger partial charge is 0.495 e. The van der Waals surface area contributed by atoms with Crippen molar-refractivity contribution in [3.05, 3.63) is 17.2 Å². The van der Waals surface area contributed by atoms with Gasteiger partial charge in [0.1, 0.15) is 11.5 Å². The summed E-state index contributed by atoms with van der Waals surface area (Å²) in [5.74, 6) is 1.34. The van der Waals surface area contributed by atoms with Crippen LogP contribution in [0.2, 0.25) is 5.02 Å². The summed E-state index contributed by atoms with van der Waals surface area (Å²) in [7, 11) is 3.22. The predicted octanol–water partition coefficient (Wildman–Crippen LogP) is 2.35. The van der Waals surface area contributed by atoms with Gasteiger partial charge in [0.15, 0.2) is 0 Å². The molecular formula is C16H22ClN3O3. The molecule has 0 aromatic heterocycles. The van der Waals surface area contributed by atoms with Crippen LogP contribution in [0.3, 0.4) is 0 Å². The first-order valence-electron chi connectivity index (χ1n) is 7.84. The SMILES string of the molecule is COc1cc(N2CCN(C(=O)NC3CC3)CC2)c(OC)cc1Cl. The summed E-state index contributed by atoms with van der Waals surface area (Å²) in [6.07, 6.45) is 2.21. The van der Waals surface area contributed by atoms with Gasteiger partial charge in [0.2, 0.25) is 0 Å². The summed E-state index contributed by atoms with van der Waals surface area (Å²) >= 11 is 6.15. The van der Waals surface area contributed by atoms with Gasteiger partial charge in [0.05, 0.1) is 24.9 Å². The quantitative estimate of drug-likeness (QED) is 0.915. The number of methoxy groups -OCH3 is 2. The van der Waals surface area contributed by atoms with E-state index < -0.39 is 0 Å². The molecule has 1 aliphatic heterocycles.